The van der Waals surface area contributed by atoms with Crippen LogP contribution in [0.5, 0.6) is 0 Å². The summed E-state index contributed by atoms with van der Waals surface area (Å²) < 4.78 is 3.41. The van der Waals surface area contributed by atoms with Crippen LogP contribution in [0.2, 0.25) is 0 Å². The van der Waals surface area contributed by atoms with E-state index >= 15 is 0 Å². The van der Waals surface area contributed by atoms with E-state index in [0.29, 0.717) is 24.9 Å². The molecule has 0 aliphatic rings. The molecule has 0 aliphatic heterocycles. The first-order valence-electron chi connectivity index (χ1n) is 9.05. The van der Waals surface area contributed by atoms with Crippen LogP contribution in [0.15, 0.2) is 35.5 Å². The number of rotatable bonds is 6. The van der Waals surface area contributed by atoms with E-state index in [2.05, 4.69) is 20.5 Å². The minimum Gasteiger partial charge on any atom is -0.356 e. The first-order valence-corrected chi connectivity index (χ1v) is 9.86. The number of nitrogens with zero attached hydrogens (tertiary/aromatic N) is 5. The molecule has 0 atom stereocenters. The average molecular weight is 396 g/mol. The summed E-state index contributed by atoms with van der Waals surface area (Å²) in [6.45, 7) is 4.68. The third-order valence-electron chi connectivity index (χ3n) is 4.79. The molecule has 4 rings (SSSR count). The summed E-state index contributed by atoms with van der Waals surface area (Å²) in [6, 6.07) is 5.70. The molecule has 0 saturated carbocycles. The van der Waals surface area contributed by atoms with Crippen molar-refractivity contribution in [2.45, 2.75) is 33.2 Å². The van der Waals surface area contributed by atoms with E-state index in [-0.39, 0.29) is 17.9 Å². The van der Waals surface area contributed by atoms with E-state index < -0.39 is 0 Å². The molecular weight excluding hydrogens is 376 g/mol. The van der Waals surface area contributed by atoms with Gasteiger partial charge in [-0.3, -0.25) is 18.6 Å². The Hall–Kier alpha value is -3.07. The van der Waals surface area contributed by atoms with Crippen LogP contribution in [-0.4, -0.2) is 36.6 Å². The number of hydrogen-bond donors (Lipinski definition) is 1. The number of hydrogen-bond acceptors (Lipinski definition) is 6. The van der Waals surface area contributed by atoms with Crippen LogP contribution < -0.4 is 10.9 Å². The minimum atomic E-state index is -0.112. The van der Waals surface area contributed by atoms with Gasteiger partial charge in [-0.2, -0.15) is 0 Å². The number of nitrogens with one attached hydrogen (secondary N) is 1. The summed E-state index contributed by atoms with van der Waals surface area (Å²) in [5.74, 6) is 0.684. The van der Waals surface area contributed by atoms with Gasteiger partial charge in [-0.25, -0.2) is 4.98 Å². The molecule has 0 radical (unpaired) electrons. The molecule has 0 spiro atoms. The van der Waals surface area contributed by atoms with Crippen molar-refractivity contribution in [2.75, 3.05) is 6.54 Å². The smallest absolute Gasteiger partial charge is 0.262 e. The first-order chi connectivity index (χ1) is 13.5. The molecule has 144 valence electrons. The van der Waals surface area contributed by atoms with Crippen molar-refractivity contribution in [3.05, 3.63) is 57.3 Å². The number of aryl methyl sites for hydroxylation is 3. The van der Waals surface area contributed by atoms with Gasteiger partial charge < -0.3 is 5.32 Å². The summed E-state index contributed by atoms with van der Waals surface area (Å²) in [7, 11) is 0. The molecule has 0 bridgehead atoms. The lowest BCUT2D eigenvalue weighted by molar-refractivity contribution is -0.121. The van der Waals surface area contributed by atoms with Crippen LogP contribution in [-0.2, 0) is 17.8 Å². The van der Waals surface area contributed by atoms with Crippen molar-refractivity contribution < 1.29 is 4.79 Å². The Bertz CT molecular complexity index is 1220. The number of fused-ring (bicyclic) bond motifs is 2. The Kier molecular flexibility index (Phi) is 4.91. The zero-order chi connectivity index (χ0) is 19.7. The summed E-state index contributed by atoms with van der Waals surface area (Å²) in [4.78, 5) is 31.0. The molecule has 4 aromatic heterocycles. The Morgan fingerprint density at radius 1 is 1.25 bits per heavy atom. The molecule has 4 aromatic rings. The summed E-state index contributed by atoms with van der Waals surface area (Å²) >= 11 is 1.52. The molecule has 0 unspecified atom stereocenters. The van der Waals surface area contributed by atoms with Crippen LogP contribution in [0.25, 0.3) is 15.9 Å². The van der Waals surface area contributed by atoms with E-state index in [9.17, 15) is 9.59 Å². The average Bonchev–Trinajstić information content (AvgIpc) is 3.23. The highest BCUT2D eigenvalue weighted by molar-refractivity contribution is 7.18. The molecule has 0 fully saturated rings. The fraction of sp³-hybridized carbons (Fsp3) is 0.316. The van der Waals surface area contributed by atoms with E-state index in [1.807, 2.05) is 42.6 Å². The van der Waals surface area contributed by atoms with Crippen molar-refractivity contribution in [3.63, 3.8) is 0 Å². The number of pyridine rings is 1. The largest absolute Gasteiger partial charge is 0.356 e. The molecule has 28 heavy (non-hydrogen) atoms. The lowest BCUT2D eigenvalue weighted by Crippen LogP contribution is -2.29. The van der Waals surface area contributed by atoms with Gasteiger partial charge in [-0.15, -0.1) is 21.5 Å². The van der Waals surface area contributed by atoms with Gasteiger partial charge in [-0.1, -0.05) is 6.07 Å². The maximum absolute atomic E-state index is 12.6. The maximum Gasteiger partial charge on any atom is 0.262 e. The maximum atomic E-state index is 12.6. The Morgan fingerprint density at radius 2 is 2.11 bits per heavy atom. The Morgan fingerprint density at radius 3 is 2.96 bits per heavy atom. The molecular formula is C19H20N6O2S. The highest BCUT2D eigenvalue weighted by Gasteiger charge is 2.13. The van der Waals surface area contributed by atoms with Gasteiger partial charge in [-0.05, 0) is 31.5 Å². The van der Waals surface area contributed by atoms with Crippen LogP contribution in [0.4, 0.5) is 0 Å². The predicted molar refractivity (Wildman–Crippen MR) is 108 cm³/mol. The molecule has 1 amide bonds. The van der Waals surface area contributed by atoms with Gasteiger partial charge in [0.25, 0.3) is 5.56 Å². The van der Waals surface area contributed by atoms with Gasteiger partial charge in [0.2, 0.25) is 5.91 Å². The van der Waals surface area contributed by atoms with Gasteiger partial charge in [0.1, 0.15) is 10.7 Å². The number of thiophene rings is 1. The monoisotopic (exact) mass is 396 g/mol. The zero-order valence-corrected chi connectivity index (χ0v) is 16.5. The van der Waals surface area contributed by atoms with Crippen molar-refractivity contribution in [3.8, 4) is 0 Å². The zero-order valence-electron chi connectivity index (χ0n) is 15.7. The SMILES string of the molecule is Cc1sc2ncn(CCC(=O)NCCc3nnc4ccccn34)c(=O)c2c1C. The second-order valence-corrected chi connectivity index (χ2v) is 7.80. The van der Waals surface area contributed by atoms with Gasteiger partial charge >= 0.3 is 0 Å². The first kappa shape index (κ1) is 18.3. The highest BCUT2D eigenvalue weighted by Crippen LogP contribution is 2.25. The fourth-order valence-corrected chi connectivity index (χ4v) is 4.10. The molecule has 0 aliphatic carbocycles. The molecule has 1 N–H and O–H groups in total. The van der Waals surface area contributed by atoms with Crippen LogP contribution in [0, 0.1) is 13.8 Å². The Labute approximate surface area is 164 Å². The third kappa shape index (κ3) is 3.40. The molecule has 4 heterocycles. The lowest BCUT2D eigenvalue weighted by Gasteiger charge is -2.07. The number of aromatic nitrogens is 5. The van der Waals surface area contributed by atoms with E-state index in [4.69, 9.17) is 0 Å². The summed E-state index contributed by atoms with van der Waals surface area (Å²) in [6.07, 6.45) is 4.22. The number of amides is 1. The van der Waals surface area contributed by atoms with Crippen LogP contribution in [0.1, 0.15) is 22.7 Å². The van der Waals surface area contributed by atoms with Crippen molar-refractivity contribution in [1.82, 2.24) is 29.5 Å². The van der Waals surface area contributed by atoms with E-state index in [1.54, 1.807) is 0 Å². The lowest BCUT2D eigenvalue weighted by atomic mass is 10.2. The second-order valence-electron chi connectivity index (χ2n) is 6.60. The molecule has 8 nitrogen and oxygen atoms in total. The topological polar surface area (TPSA) is 94.2 Å². The Balaban J connectivity index is 1.35. The minimum absolute atomic E-state index is 0.0884. The van der Waals surface area contributed by atoms with Crippen molar-refractivity contribution in [2.24, 2.45) is 0 Å². The van der Waals surface area contributed by atoms with E-state index in [0.717, 1.165) is 26.7 Å². The fourth-order valence-electron chi connectivity index (χ4n) is 3.11. The summed E-state index contributed by atoms with van der Waals surface area (Å²) in [5.41, 5.74) is 1.66. The quantitative estimate of drug-likeness (QED) is 0.537. The second kappa shape index (κ2) is 7.51. The highest BCUT2D eigenvalue weighted by atomic mass is 32.1. The standard InChI is InChI=1S/C19H20N6O2S/c1-12-13(2)28-18-17(12)19(27)24(11-21-18)10-7-16(26)20-8-6-15-23-22-14-5-3-4-9-25(14)15/h3-5,9,11H,6-8,10H2,1-2H3,(H,20,26). The van der Waals surface area contributed by atoms with Gasteiger partial charge in [0, 0.05) is 37.0 Å². The van der Waals surface area contributed by atoms with Crippen LogP contribution >= 0.6 is 11.3 Å². The third-order valence-corrected chi connectivity index (χ3v) is 5.91. The number of carbonyl (C=O) groups is 1. The summed E-state index contributed by atoms with van der Waals surface area (Å²) in [5, 5.41) is 11.8. The predicted octanol–water partition coefficient (Wildman–Crippen LogP) is 1.87. The van der Waals surface area contributed by atoms with Crippen molar-refractivity contribution in [1.29, 1.82) is 0 Å². The normalized spacial score (nSPS) is 11.4. The van der Waals surface area contributed by atoms with Gasteiger partial charge in [0.15, 0.2) is 5.65 Å². The van der Waals surface area contributed by atoms with Crippen LogP contribution in [0.3, 0.4) is 0 Å². The molecule has 9 heteroatoms. The number of carbonyl (C=O) groups excluding carboxylic acids is 1. The van der Waals surface area contributed by atoms with E-state index in [1.165, 1.54) is 22.2 Å². The van der Waals surface area contributed by atoms with Crippen molar-refractivity contribution >= 4 is 33.1 Å². The van der Waals surface area contributed by atoms with Gasteiger partial charge in [0.05, 0.1) is 11.7 Å². The molecule has 0 aromatic carbocycles. The molecule has 0 saturated heterocycles.